The van der Waals surface area contributed by atoms with Gasteiger partial charge in [-0.2, -0.15) is 5.10 Å². The summed E-state index contributed by atoms with van der Waals surface area (Å²) in [5.41, 5.74) is 0.0253. The maximum Gasteiger partial charge on any atom is 0.271 e. The molecule has 1 N–H and O–H groups in total. The summed E-state index contributed by atoms with van der Waals surface area (Å²) in [7, 11) is 1.56. The molecule has 124 valence electrons. The van der Waals surface area contributed by atoms with Gasteiger partial charge in [-0.25, -0.2) is 4.68 Å². The molecule has 0 bridgehead atoms. The van der Waals surface area contributed by atoms with Crippen molar-refractivity contribution in [2.45, 2.75) is 58.5 Å². The van der Waals surface area contributed by atoms with Crippen molar-refractivity contribution < 1.29 is 9.53 Å². The van der Waals surface area contributed by atoms with Gasteiger partial charge in [-0.15, -0.1) is 0 Å². The zero-order valence-corrected chi connectivity index (χ0v) is 13.8. The van der Waals surface area contributed by atoms with Gasteiger partial charge in [0.05, 0.1) is 13.2 Å². The second-order valence-electron chi connectivity index (χ2n) is 5.50. The smallest absolute Gasteiger partial charge is 0.271 e. The highest BCUT2D eigenvalue weighted by atomic mass is 16.5. The molecule has 1 amide bonds. The predicted molar refractivity (Wildman–Crippen MR) is 86.1 cm³/mol. The predicted octanol–water partition coefficient (Wildman–Crippen LogP) is 1.98. The van der Waals surface area contributed by atoms with E-state index < -0.39 is 0 Å². The lowest BCUT2D eigenvalue weighted by molar-refractivity contribution is 0.0929. The van der Waals surface area contributed by atoms with E-state index in [0.29, 0.717) is 13.2 Å². The fourth-order valence-corrected chi connectivity index (χ4v) is 2.16. The third kappa shape index (κ3) is 6.39. The van der Waals surface area contributed by atoms with Crippen LogP contribution >= 0.6 is 0 Å². The van der Waals surface area contributed by atoms with Crippen molar-refractivity contribution in [1.29, 1.82) is 0 Å². The van der Waals surface area contributed by atoms with Gasteiger partial charge in [-0.1, -0.05) is 32.6 Å². The maximum absolute atomic E-state index is 12.2. The number of rotatable bonds is 10. The minimum atomic E-state index is -0.242. The quantitative estimate of drug-likeness (QED) is 0.671. The molecule has 0 spiro atoms. The first-order chi connectivity index (χ1) is 10.6. The fourth-order valence-electron chi connectivity index (χ4n) is 2.16. The van der Waals surface area contributed by atoms with Gasteiger partial charge in [-0.3, -0.25) is 9.59 Å². The van der Waals surface area contributed by atoms with Crippen LogP contribution in [0.2, 0.25) is 0 Å². The molecular weight excluding hydrogens is 282 g/mol. The first kappa shape index (κ1) is 18.4. The second-order valence-corrected chi connectivity index (χ2v) is 5.50. The molecule has 1 rings (SSSR count). The Morgan fingerprint density at radius 3 is 2.82 bits per heavy atom. The van der Waals surface area contributed by atoms with E-state index in [1.165, 1.54) is 36.1 Å². The molecule has 6 heteroatoms. The Kier molecular flexibility index (Phi) is 8.43. The van der Waals surface area contributed by atoms with Crippen LogP contribution in [0, 0.1) is 0 Å². The number of nitrogens with one attached hydrogen (secondary N) is 1. The largest absolute Gasteiger partial charge is 0.383 e. The van der Waals surface area contributed by atoms with Crippen LogP contribution in [-0.4, -0.2) is 35.4 Å². The fraction of sp³-hybridized carbons (Fsp3) is 0.688. The van der Waals surface area contributed by atoms with Crippen LogP contribution in [0.4, 0.5) is 0 Å². The molecule has 0 fully saturated rings. The van der Waals surface area contributed by atoms with Crippen molar-refractivity contribution in [1.82, 2.24) is 15.1 Å². The Hall–Kier alpha value is -1.69. The van der Waals surface area contributed by atoms with Crippen LogP contribution in [-0.2, 0) is 11.3 Å². The molecule has 0 aliphatic carbocycles. The summed E-state index contributed by atoms with van der Waals surface area (Å²) in [6, 6.07) is 2.93. The third-order valence-electron chi connectivity index (χ3n) is 3.47. The van der Waals surface area contributed by atoms with Gasteiger partial charge in [0.1, 0.15) is 5.69 Å². The molecule has 22 heavy (non-hydrogen) atoms. The van der Waals surface area contributed by atoms with Crippen LogP contribution in [0.1, 0.15) is 56.4 Å². The van der Waals surface area contributed by atoms with E-state index in [4.69, 9.17) is 4.74 Å². The topological polar surface area (TPSA) is 73.2 Å². The highest BCUT2D eigenvalue weighted by Gasteiger charge is 2.12. The van der Waals surface area contributed by atoms with Crippen LogP contribution in [0.15, 0.2) is 16.9 Å². The van der Waals surface area contributed by atoms with Crippen molar-refractivity contribution in [3.05, 3.63) is 28.2 Å². The normalized spacial score (nSPS) is 12.1. The molecule has 1 aromatic heterocycles. The molecule has 1 heterocycles. The number of methoxy groups -OCH3 is 1. The molecule has 0 saturated carbocycles. The average molecular weight is 309 g/mol. The number of carbonyl (C=O) groups excluding carboxylic acids is 1. The number of hydrogen-bond donors (Lipinski definition) is 1. The molecule has 1 aromatic rings. The molecule has 0 saturated heterocycles. The van der Waals surface area contributed by atoms with Gasteiger partial charge < -0.3 is 10.1 Å². The van der Waals surface area contributed by atoms with E-state index >= 15 is 0 Å². The van der Waals surface area contributed by atoms with Crippen LogP contribution in [0.3, 0.4) is 0 Å². The van der Waals surface area contributed by atoms with Gasteiger partial charge in [-0.05, 0) is 19.4 Å². The van der Waals surface area contributed by atoms with Gasteiger partial charge >= 0.3 is 0 Å². The SMILES string of the molecule is CCCCCC[C@H](C)NC(=O)c1ccc(=O)n(CCOC)n1. The number of ether oxygens (including phenoxy) is 1. The number of aromatic nitrogens is 2. The van der Waals surface area contributed by atoms with Gasteiger partial charge in [0, 0.05) is 19.2 Å². The van der Waals surface area contributed by atoms with Crippen LogP contribution < -0.4 is 10.9 Å². The highest BCUT2D eigenvalue weighted by Crippen LogP contribution is 2.05. The number of hydrogen-bond acceptors (Lipinski definition) is 4. The highest BCUT2D eigenvalue weighted by molar-refractivity contribution is 5.92. The lowest BCUT2D eigenvalue weighted by Crippen LogP contribution is -2.35. The van der Waals surface area contributed by atoms with Crippen molar-refractivity contribution in [3.63, 3.8) is 0 Å². The van der Waals surface area contributed by atoms with E-state index in [0.717, 1.165) is 12.8 Å². The minimum Gasteiger partial charge on any atom is -0.383 e. The minimum absolute atomic E-state index is 0.102. The average Bonchev–Trinajstić information content (AvgIpc) is 2.50. The lowest BCUT2D eigenvalue weighted by atomic mass is 10.1. The number of amides is 1. The summed E-state index contributed by atoms with van der Waals surface area (Å²) in [5, 5.41) is 7.01. The molecule has 0 aliphatic heterocycles. The lowest BCUT2D eigenvalue weighted by Gasteiger charge is -2.14. The van der Waals surface area contributed by atoms with Crippen molar-refractivity contribution >= 4 is 5.91 Å². The zero-order valence-electron chi connectivity index (χ0n) is 13.8. The van der Waals surface area contributed by atoms with E-state index in [-0.39, 0.29) is 23.2 Å². The molecule has 1 atom stereocenters. The molecule has 0 aliphatic rings. The van der Waals surface area contributed by atoms with Crippen molar-refractivity contribution in [3.8, 4) is 0 Å². The summed E-state index contributed by atoms with van der Waals surface area (Å²) in [5.74, 6) is -0.242. The Bertz CT molecular complexity index is 514. The molecule has 0 aromatic carbocycles. The molecule has 6 nitrogen and oxygen atoms in total. The summed E-state index contributed by atoms with van der Waals surface area (Å²) in [6.45, 7) is 4.88. The van der Waals surface area contributed by atoms with E-state index in [1.807, 2.05) is 6.92 Å². The first-order valence-corrected chi connectivity index (χ1v) is 7.96. The van der Waals surface area contributed by atoms with Gasteiger partial charge in [0.15, 0.2) is 0 Å². The van der Waals surface area contributed by atoms with Crippen molar-refractivity contribution in [2.24, 2.45) is 0 Å². The Morgan fingerprint density at radius 1 is 1.36 bits per heavy atom. The van der Waals surface area contributed by atoms with E-state index in [1.54, 1.807) is 7.11 Å². The molecule has 0 radical (unpaired) electrons. The summed E-state index contributed by atoms with van der Waals surface area (Å²) in [6.07, 6.45) is 5.68. The molecule has 0 unspecified atom stereocenters. The van der Waals surface area contributed by atoms with Gasteiger partial charge in [0.25, 0.3) is 11.5 Å². The summed E-state index contributed by atoms with van der Waals surface area (Å²) in [4.78, 5) is 23.8. The summed E-state index contributed by atoms with van der Waals surface area (Å²) < 4.78 is 6.18. The van der Waals surface area contributed by atoms with Crippen LogP contribution in [0.5, 0.6) is 0 Å². The van der Waals surface area contributed by atoms with E-state index in [2.05, 4.69) is 17.3 Å². The van der Waals surface area contributed by atoms with Crippen LogP contribution in [0.25, 0.3) is 0 Å². The maximum atomic E-state index is 12.2. The Labute approximate surface area is 131 Å². The standard InChI is InChI=1S/C16H27N3O3/c1-4-5-6-7-8-13(2)17-16(21)14-9-10-15(20)19(18-14)11-12-22-3/h9-10,13H,4-8,11-12H2,1-3H3,(H,17,21)/t13-/m0/s1. The number of nitrogens with zero attached hydrogens (tertiary/aromatic N) is 2. The number of carbonyl (C=O) groups is 1. The van der Waals surface area contributed by atoms with E-state index in [9.17, 15) is 9.59 Å². The van der Waals surface area contributed by atoms with Crippen molar-refractivity contribution in [2.75, 3.05) is 13.7 Å². The number of unbranched alkanes of at least 4 members (excludes halogenated alkanes) is 3. The zero-order chi connectivity index (χ0) is 16.4. The summed E-state index contributed by atoms with van der Waals surface area (Å²) >= 11 is 0. The third-order valence-corrected chi connectivity index (χ3v) is 3.47. The van der Waals surface area contributed by atoms with Gasteiger partial charge in [0.2, 0.25) is 0 Å². The Morgan fingerprint density at radius 2 is 2.14 bits per heavy atom. The molecular formula is C16H27N3O3. The monoisotopic (exact) mass is 309 g/mol. The second kappa shape index (κ2) is 10.1. The first-order valence-electron chi connectivity index (χ1n) is 7.96. The Balaban J connectivity index is 2.55.